The van der Waals surface area contributed by atoms with Crippen LogP contribution in [0.1, 0.15) is 30.6 Å². The lowest BCUT2D eigenvalue weighted by atomic mass is 10.1. The third-order valence-electron chi connectivity index (χ3n) is 2.84. The van der Waals surface area contributed by atoms with Crippen LogP contribution in [0.25, 0.3) is 0 Å². The summed E-state index contributed by atoms with van der Waals surface area (Å²) < 4.78 is 36.0. The highest BCUT2D eigenvalue weighted by atomic mass is 35.7. The third-order valence-corrected chi connectivity index (χ3v) is 4.55. The van der Waals surface area contributed by atoms with Crippen LogP contribution < -0.4 is 5.32 Å². The number of rotatable bonds is 5. The van der Waals surface area contributed by atoms with Gasteiger partial charge in [0.1, 0.15) is 5.82 Å². The number of carbonyl (C=O) groups excluding carboxylic acids is 1. The number of amides is 1. The monoisotopic (exact) mass is 341 g/mol. The molecule has 0 aliphatic heterocycles. The Morgan fingerprint density at radius 3 is 2.55 bits per heavy atom. The molecule has 0 saturated carbocycles. The Kier molecular flexibility index (Phi) is 5.79. The molecule has 0 aromatic heterocycles. The summed E-state index contributed by atoms with van der Waals surface area (Å²) in [7, 11) is 1.000. The van der Waals surface area contributed by atoms with Gasteiger partial charge in [0, 0.05) is 17.2 Å². The number of hydrogen-bond acceptors (Lipinski definition) is 3. The van der Waals surface area contributed by atoms with Gasteiger partial charge in [-0.2, -0.15) is 0 Å². The second-order valence-electron chi connectivity index (χ2n) is 4.43. The number of nitrogens with one attached hydrogen (secondary N) is 1. The molecule has 1 atom stereocenters. The standard InChI is InChI=1S/C12H14Cl2FNO3S/c1-3-7(2)6-16-12(17)9-4-8(20(14,18)19)5-10(15)11(9)13/h4-5,7H,3,6H2,1-2H3,(H,16,17). The smallest absolute Gasteiger partial charge is 0.261 e. The van der Waals surface area contributed by atoms with Crippen LogP contribution in [0.3, 0.4) is 0 Å². The van der Waals surface area contributed by atoms with Gasteiger partial charge >= 0.3 is 0 Å². The minimum Gasteiger partial charge on any atom is -0.352 e. The van der Waals surface area contributed by atoms with Crippen molar-refractivity contribution in [2.75, 3.05) is 6.54 Å². The first-order valence-electron chi connectivity index (χ1n) is 5.88. The molecule has 0 saturated heterocycles. The van der Waals surface area contributed by atoms with Crippen LogP contribution in [0, 0.1) is 11.7 Å². The highest BCUT2D eigenvalue weighted by Gasteiger charge is 2.20. The molecule has 20 heavy (non-hydrogen) atoms. The minimum atomic E-state index is -4.14. The molecule has 1 amide bonds. The molecule has 0 aliphatic rings. The molecule has 0 aliphatic carbocycles. The van der Waals surface area contributed by atoms with E-state index in [0.717, 1.165) is 12.5 Å². The van der Waals surface area contributed by atoms with Crippen LogP contribution >= 0.6 is 22.3 Å². The summed E-state index contributed by atoms with van der Waals surface area (Å²) in [5.74, 6) is -1.42. The number of hydrogen-bond donors (Lipinski definition) is 1. The van der Waals surface area contributed by atoms with Crippen molar-refractivity contribution >= 4 is 37.2 Å². The summed E-state index contributed by atoms with van der Waals surface area (Å²) in [5, 5.41) is 2.13. The molecule has 0 bridgehead atoms. The lowest BCUT2D eigenvalue weighted by Crippen LogP contribution is -2.28. The van der Waals surface area contributed by atoms with Crippen LogP contribution in [-0.2, 0) is 9.05 Å². The maximum Gasteiger partial charge on any atom is 0.261 e. The van der Waals surface area contributed by atoms with Crippen molar-refractivity contribution in [3.63, 3.8) is 0 Å². The van der Waals surface area contributed by atoms with E-state index in [1.54, 1.807) is 0 Å². The molecular weight excluding hydrogens is 328 g/mol. The molecule has 8 heteroatoms. The minimum absolute atomic E-state index is 0.238. The Morgan fingerprint density at radius 1 is 1.45 bits per heavy atom. The zero-order valence-electron chi connectivity index (χ0n) is 10.9. The van der Waals surface area contributed by atoms with Gasteiger partial charge in [-0.3, -0.25) is 4.79 Å². The molecule has 0 heterocycles. The molecule has 112 valence electrons. The third kappa shape index (κ3) is 4.33. The zero-order chi connectivity index (χ0) is 15.5. The summed E-state index contributed by atoms with van der Waals surface area (Å²) in [4.78, 5) is 11.4. The Morgan fingerprint density at radius 2 is 2.05 bits per heavy atom. The van der Waals surface area contributed by atoms with E-state index in [-0.39, 0.29) is 11.5 Å². The van der Waals surface area contributed by atoms with Crippen molar-refractivity contribution in [1.29, 1.82) is 0 Å². The summed E-state index contributed by atoms with van der Waals surface area (Å²) in [6, 6.07) is 1.63. The van der Waals surface area contributed by atoms with Crippen LogP contribution in [0.15, 0.2) is 17.0 Å². The van der Waals surface area contributed by atoms with E-state index in [4.69, 9.17) is 22.3 Å². The van der Waals surface area contributed by atoms with E-state index < -0.39 is 30.7 Å². The quantitative estimate of drug-likeness (QED) is 0.836. The van der Waals surface area contributed by atoms with E-state index in [2.05, 4.69) is 5.32 Å². The van der Waals surface area contributed by atoms with E-state index in [0.29, 0.717) is 12.6 Å². The van der Waals surface area contributed by atoms with E-state index in [1.165, 1.54) is 0 Å². The van der Waals surface area contributed by atoms with E-state index in [1.807, 2.05) is 13.8 Å². The SMILES string of the molecule is CCC(C)CNC(=O)c1cc(S(=O)(=O)Cl)cc(F)c1Cl. The average molecular weight is 342 g/mol. The average Bonchev–Trinajstić information content (AvgIpc) is 2.37. The number of halogens is 3. The highest BCUT2D eigenvalue weighted by Crippen LogP contribution is 2.26. The molecule has 0 spiro atoms. The van der Waals surface area contributed by atoms with Crippen LogP contribution in [-0.4, -0.2) is 20.9 Å². The van der Waals surface area contributed by atoms with Gasteiger partial charge in [0.15, 0.2) is 0 Å². The maximum atomic E-state index is 13.6. The van der Waals surface area contributed by atoms with E-state index >= 15 is 0 Å². The van der Waals surface area contributed by atoms with Crippen molar-refractivity contribution < 1.29 is 17.6 Å². The lowest BCUT2D eigenvalue weighted by Gasteiger charge is -2.12. The summed E-state index contributed by atoms with van der Waals surface area (Å²) in [6.07, 6.45) is 0.860. The molecular formula is C12H14Cl2FNO3S. The first-order chi connectivity index (χ1) is 9.16. The highest BCUT2D eigenvalue weighted by molar-refractivity contribution is 8.13. The Bertz CT molecular complexity index is 619. The first kappa shape index (κ1) is 17.2. The number of carbonyl (C=O) groups is 1. The van der Waals surface area contributed by atoms with Gasteiger partial charge in [-0.25, -0.2) is 12.8 Å². The van der Waals surface area contributed by atoms with Gasteiger partial charge in [0.2, 0.25) is 0 Å². The maximum absolute atomic E-state index is 13.6. The molecule has 1 aromatic rings. The van der Waals surface area contributed by atoms with Crippen LogP contribution in [0.2, 0.25) is 5.02 Å². The molecule has 0 radical (unpaired) electrons. The largest absolute Gasteiger partial charge is 0.352 e. The van der Waals surface area contributed by atoms with Gasteiger partial charge in [0.25, 0.3) is 15.0 Å². The fourth-order valence-electron chi connectivity index (χ4n) is 1.38. The van der Waals surface area contributed by atoms with Gasteiger partial charge in [-0.15, -0.1) is 0 Å². The summed E-state index contributed by atoms with van der Waals surface area (Å²) in [6.45, 7) is 4.28. The lowest BCUT2D eigenvalue weighted by molar-refractivity contribution is 0.0947. The Labute approximate surface area is 126 Å². The van der Waals surface area contributed by atoms with Gasteiger partial charge in [-0.1, -0.05) is 31.9 Å². The summed E-state index contributed by atoms with van der Waals surface area (Å²) in [5.41, 5.74) is -0.255. The molecule has 0 fully saturated rings. The fourth-order valence-corrected chi connectivity index (χ4v) is 2.34. The van der Waals surface area contributed by atoms with Crippen molar-refractivity contribution in [3.05, 3.63) is 28.5 Å². The fraction of sp³-hybridized carbons (Fsp3) is 0.417. The van der Waals surface area contributed by atoms with Crippen molar-refractivity contribution in [1.82, 2.24) is 5.32 Å². The second kappa shape index (κ2) is 6.74. The molecule has 1 aromatic carbocycles. The van der Waals surface area contributed by atoms with Crippen molar-refractivity contribution in [2.45, 2.75) is 25.2 Å². The second-order valence-corrected chi connectivity index (χ2v) is 7.37. The van der Waals surface area contributed by atoms with Crippen molar-refractivity contribution in [2.24, 2.45) is 5.92 Å². The molecule has 1 N–H and O–H groups in total. The van der Waals surface area contributed by atoms with E-state index in [9.17, 15) is 17.6 Å². The summed E-state index contributed by atoms with van der Waals surface area (Å²) >= 11 is 5.69. The zero-order valence-corrected chi connectivity index (χ0v) is 13.2. The topological polar surface area (TPSA) is 63.2 Å². The Hall–Kier alpha value is -0.850. The van der Waals surface area contributed by atoms with Gasteiger partial charge in [0.05, 0.1) is 15.5 Å². The van der Waals surface area contributed by atoms with Crippen LogP contribution in [0.5, 0.6) is 0 Å². The molecule has 1 unspecified atom stereocenters. The predicted octanol–water partition coefficient (Wildman–Crippen LogP) is 3.18. The molecule has 4 nitrogen and oxygen atoms in total. The predicted molar refractivity (Wildman–Crippen MR) is 76.2 cm³/mol. The Balaban J connectivity index is 3.11. The van der Waals surface area contributed by atoms with Crippen molar-refractivity contribution in [3.8, 4) is 0 Å². The van der Waals surface area contributed by atoms with Gasteiger partial charge < -0.3 is 5.32 Å². The molecule has 1 rings (SSSR count). The first-order valence-corrected chi connectivity index (χ1v) is 8.57. The van der Waals surface area contributed by atoms with Gasteiger partial charge in [-0.05, 0) is 18.1 Å². The normalized spacial score (nSPS) is 13.1. The van der Waals surface area contributed by atoms with Crippen LogP contribution in [0.4, 0.5) is 4.39 Å². The number of benzene rings is 1.